The molecule has 0 spiro atoms. The first kappa shape index (κ1) is 15.6. The van der Waals surface area contributed by atoms with Crippen LogP contribution in [0.15, 0.2) is 0 Å². The summed E-state index contributed by atoms with van der Waals surface area (Å²) in [6.07, 6.45) is -7.32. The summed E-state index contributed by atoms with van der Waals surface area (Å²) in [6, 6.07) is 0. The van der Waals surface area contributed by atoms with Gasteiger partial charge in [-0.2, -0.15) is 13.2 Å². The molecule has 19 heavy (non-hydrogen) atoms. The minimum Gasteiger partial charge on any atom is -0.464 e. The maximum Gasteiger partial charge on any atom is 0.425 e. The summed E-state index contributed by atoms with van der Waals surface area (Å²) in [7, 11) is 1.23. The predicted molar refractivity (Wildman–Crippen MR) is 58.4 cm³/mol. The molecule has 0 heterocycles. The molecular weight excluding hydrogens is 267 g/mol. The first-order chi connectivity index (χ1) is 8.65. The molecule has 1 saturated carbocycles. The highest BCUT2D eigenvalue weighted by atomic mass is 19.4. The van der Waals surface area contributed by atoms with Crippen LogP contribution in [-0.2, 0) is 14.3 Å². The normalized spacial score (nSPS) is 18.4. The fourth-order valence-corrected chi connectivity index (χ4v) is 1.53. The maximum absolute atomic E-state index is 12.3. The molecule has 0 aromatic rings. The van der Waals surface area contributed by atoms with E-state index in [0.717, 1.165) is 11.8 Å². The van der Waals surface area contributed by atoms with Crippen molar-refractivity contribution in [3.8, 4) is 0 Å². The minimum absolute atomic E-state index is 0.141. The Morgan fingerprint density at radius 2 is 1.89 bits per heavy atom. The molecule has 0 unspecified atom stereocenters. The third kappa shape index (κ3) is 3.30. The molecule has 1 fully saturated rings. The van der Waals surface area contributed by atoms with E-state index in [0.29, 0.717) is 12.8 Å². The second kappa shape index (κ2) is 5.26. The Balaban J connectivity index is 2.65. The molecule has 1 amide bonds. The number of halogens is 3. The van der Waals surface area contributed by atoms with Crippen molar-refractivity contribution in [1.82, 2.24) is 4.90 Å². The van der Waals surface area contributed by atoms with Crippen LogP contribution in [-0.4, -0.2) is 48.4 Å². The third-order valence-electron chi connectivity index (χ3n) is 3.03. The lowest BCUT2D eigenvalue weighted by atomic mass is 10.2. The maximum atomic E-state index is 12.3. The molecule has 0 radical (unpaired) electrons. The Morgan fingerprint density at radius 3 is 2.26 bits per heavy atom. The summed E-state index contributed by atoms with van der Waals surface area (Å²) in [5.74, 6) is -0.617. The number of ether oxygens (including phenoxy) is 2. The molecule has 0 N–H and O–H groups in total. The quantitative estimate of drug-likeness (QED) is 0.741. The number of rotatable bonds is 4. The number of esters is 1. The summed E-state index contributed by atoms with van der Waals surface area (Å²) in [6.45, 7) is 2.48. The lowest BCUT2D eigenvalue weighted by Crippen LogP contribution is -2.47. The second-order valence-corrected chi connectivity index (χ2v) is 4.38. The SMILES string of the molecule is CCOC(=O)C1(N(C)C(=O)O[C@H](C)C(F)(F)F)CC1. The molecule has 0 aromatic heterocycles. The van der Waals surface area contributed by atoms with E-state index in [1.165, 1.54) is 7.05 Å². The van der Waals surface area contributed by atoms with Crippen LogP contribution in [0.4, 0.5) is 18.0 Å². The molecule has 1 aliphatic rings. The lowest BCUT2D eigenvalue weighted by Gasteiger charge is -2.27. The molecule has 5 nitrogen and oxygen atoms in total. The summed E-state index contributed by atoms with van der Waals surface area (Å²) in [5, 5.41) is 0. The number of hydrogen-bond acceptors (Lipinski definition) is 4. The average Bonchev–Trinajstić information content (AvgIpc) is 3.08. The van der Waals surface area contributed by atoms with Crippen LogP contribution in [0.2, 0.25) is 0 Å². The topological polar surface area (TPSA) is 55.8 Å². The fourth-order valence-electron chi connectivity index (χ4n) is 1.53. The highest BCUT2D eigenvalue weighted by molar-refractivity contribution is 5.88. The van der Waals surface area contributed by atoms with Gasteiger partial charge < -0.3 is 9.47 Å². The zero-order valence-electron chi connectivity index (χ0n) is 10.9. The van der Waals surface area contributed by atoms with E-state index in [-0.39, 0.29) is 6.61 Å². The highest BCUT2D eigenvalue weighted by Gasteiger charge is 2.57. The Morgan fingerprint density at radius 1 is 1.37 bits per heavy atom. The molecule has 8 heteroatoms. The van der Waals surface area contributed by atoms with Crippen LogP contribution in [0, 0.1) is 0 Å². The van der Waals surface area contributed by atoms with Gasteiger partial charge in [0, 0.05) is 7.05 Å². The van der Waals surface area contributed by atoms with E-state index in [9.17, 15) is 22.8 Å². The fraction of sp³-hybridized carbons (Fsp3) is 0.818. The lowest BCUT2D eigenvalue weighted by molar-refractivity contribution is -0.200. The Bertz CT molecular complexity index is 365. The molecule has 0 aromatic carbocycles. The van der Waals surface area contributed by atoms with Crippen molar-refractivity contribution in [1.29, 1.82) is 0 Å². The minimum atomic E-state index is -4.63. The molecule has 110 valence electrons. The molecule has 1 rings (SSSR count). The van der Waals surface area contributed by atoms with Crippen LogP contribution in [0.1, 0.15) is 26.7 Å². The molecule has 0 aliphatic heterocycles. The first-order valence-electron chi connectivity index (χ1n) is 5.83. The average molecular weight is 283 g/mol. The number of hydrogen-bond donors (Lipinski definition) is 0. The van der Waals surface area contributed by atoms with Gasteiger partial charge in [0.2, 0.25) is 0 Å². The van der Waals surface area contributed by atoms with Gasteiger partial charge in [0.15, 0.2) is 6.10 Å². The largest absolute Gasteiger partial charge is 0.464 e. The van der Waals surface area contributed by atoms with Gasteiger partial charge in [0.1, 0.15) is 5.54 Å². The van der Waals surface area contributed by atoms with Crippen molar-refractivity contribution >= 4 is 12.1 Å². The Hall–Kier alpha value is -1.47. The summed E-state index contributed by atoms with van der Waals surface area (Å²) < 4.78 is 45.9. The van der Waals surface area contributed by atoms with E-state index in [2.05, 4.69) is 4.74 Å². The van der Waals surface area contributed by atoms with E-state index < -0.39 is 29.9 Å². The highest BCUT2D eigenvalue weighted by Crippen LogP contribution is 2.42. The van der Waals surface area contributed by atoms with Gasteiger partial charge in [0.25, 0.3) is 0 Å². The first-order valence-corrected chi connectivity index (χ1v) is 5.83. The van der Waals surface area contributed by atoms with Crippen LogP contribution < -0.4 is 0 Å². The van der Waals surface area contributed by atoms with Gasteiger partial charge in [-0.3, -0.25) is 4.90 Å². The van der Waals surface area contributed by atoms with Crippen molar-refractivity contribution in [2.45, 2.75) is 44.5 Å². The Kier molecular flexibility index (Phi) is 4.32. The number of amides is 1. The van der Waals surface area contributed by atoms with Crippen molar-refractivity contribution in [3.63, 3.8) is 0 Å². The van der Waals surface area contributed by atoms with E-state index >= 15 is 0 Å². The number of likely N-dealkylation sites (N-methyl/N-ethyl adjacent to an activating group) is 1. The van der Waals surface area contributed by atoms with Gasteiger partial charge in [-0.15, -0.1) is 0 Å². The molecular formula is C11H16F3NO4. The molecule has 0 saturated heterocycles. The molecule has 0 bridgehead atoms. The third-order valence-corrected chi connectivity index (χ3v) is 3.03. The van der Waals surface area contributed by atoms with Gasteiger partial charge in [0.05, 0.1) is 6.61 Å². The summed E-state index contributed by atoms with van der Waals surface area (Å²) in [5.41, 5.74) is -1.17. The van der Waals surface area contributed by atoms with Crippen molar-refractivity contribution in [3.05, 3.63) is 0 Å². The van der Waals surface area contributed by atoms with Gasteiger partial charge >= 0.3 is 18.2 Å². The summed E-state index contributed by atoms with van der Waals surface area (Å²) in [4.78, 5) is 24.1. The van der Waals surface area contributed by atoms with E-state index in [4.69, 9.17) is 4.74 Å². The van der Waals surface area contributed by atoms with E-state index in [1.54, 1.807) is 6.92 Å². The van der Waals surface area contributed by atoms with Crippen LogP contribution in [0.3, 0.4) is 0 Å². The summed E-state index contributed by atoms with van der Waals surface area (Å²) >= 11 is 0. The molecule has 1 aliphatic carbocycles. The van der Waals surface area contributed by atoms with Crippen molar-refractivity contribution in [2.24, 2.45) is 0 Å². The zero-order valence-corrected chi connectivity index (χ0v) is 10.9. The monoisotopic (exact) mass is 283 g/mol. The number of nitrogens with zero attached hydrogens (tertiary/aromatic N) is 1. The van der Waals surface area contributed by atoms with Crippen LogP contribution in [0.5, 0.6) is 0 Å². The number of alkyl halides is 3. The predicted octanol–water partition coefficient (Wildman–Crippen LogP) is 2.10. The number of carbonyl (C=O) groups excluding carboxylic acids is 2. The van der Waals surface area contributed by atoms with Gasteiger partial charge in [-0.1, -0.05) is 0 Å². The molecule has 1 atom stereocenters. The van der Waals surface area contributed by atoms with Crippen molar-refractivity contribution in [2.75, 3.05) is 13.7 Å². The Labute approximate surface area is 108 Å². The standard InChI is InChI=1S/C11H16F3NO4/c1-4-18-8(16)10(5-6-10)15(3)9(17)19-7(2)11(12,13)14/h7H,4-6H2,1-3H3/t7-/m1/s1. The zero-order chi connectivity index (χ0) is 14.8. The van der Waals surface area contributed by atoms with Crippen molar-refractivity contribution < 1.29 is 32.2 Å². The van der Waals surface area contributed by atoms with E-state index in [1.807, 2.05) is 0 Å². The van der Waals surface area contributed by atoms with Crippen LogP contribution >= 0.6 is 0 Å². The number of carbonyl (C=O) groups is 2. The second-order valence-electron chi connectivity index (χ2n) is 4.38. The van der Waals surface area contributed by atoms with Crippen LogP contribution in [0.25, 0.3) is 0 Å². The smallest absolute Gasteiger partial charge is 0.425 e. The van der Waals surface area contributed by atoms with Gasteiger partial charge in [-0.05, 0) is 26.7 Å². The van der Waals surface area contributed by atoms with Gasteiger partial charge in [-0.25, -0.2) is 9.59 Å².